The number of nitrogens with zero attached hydrogens (tertiary/aromatic N) is 2. The monoisotopic (exact) mass is 490 g/mol. The van der Waals surface area contributed by atoms with Crippen molar-refractivity contribution in [2.45, 2.75) is 25.7 Å². The Labute approximate surface area is 204 Å². The Kier molecular flexibility index (Phi) is 8.24. The Bertz CT molecular complexity index is 1130. The van der Waals surface area contributed by atoms with Crippen LogP contribution in [-0.2, 0) is 0 Å². The lowest BCUT2D eigenvalue weighted by Crippen LogP contribution is -2.29. The van der Waals surface area contributed by atoms with E-state index >= 15 is 0 Å². The first-order valence-electron chi connectivity index (χ1n) is 10.6. The van der Waals surface area contributed by atoms with Crippen molar-refractivity contribution in [1.29, 1.82) is 0 Å². The van der Waals surface area contributed by atoms with E-state index in [4.69, 9.17) is 21.1 Å². The zero-order valence-corrected chi connectivity index (χ0v) is 20.4. The smallest absolute Gasteiger partial charge is 0.259 e. The van der Waals surface area contributed by atoms with E-state index < -0.39 is 0 Å². The van der Waals surface area contributed by atoms with Crippen molar-refractivity contribution in [1.82, 2.24) is 15.1 Å². The first-order chi connectivity index (χ1) is 15.5. The highest BCUT2D eigenvalue weighted by Gasteiger charge is 2.27. The third-order valence-electron chi connectivity index (χ3n) is 5.75. The Morgan fingerprint density at radius 1 is 1.15 bits per heavy atom. The number of aryl methyl sites for hydroxylation is 1. The fourth-order valence-electron chi connectivity index (χ4n) is 4.13. The van der Waals surface area contributed by atoms with Gasteiger partial charge < -0.3 is 20.1 Å². The van der Waals surface area contributed by atoms with Gasteiger partial charge in [-0.3, -0.25) is 4.79 Å². The molecule has 0 aliphatic carbocycles. The van der Waals surface area contributed by atoms with Gasteiger partial charge in [0.15, 0.2) is 0 Å². The number of halogens is 2. The Morgan fingerprint density at radius 2 is 1.88 bits per heavy atom. The minimum absolute atomic E-state index is 0. The van der Waals surface area contributed by atoms with Crippen LogP contribution in [0.1, 0.15) is 40.4 Å². The van der Waals surface area contributed by atoms with Crippen LogP contribution in [0.3, 0.4) is 0 Å². The van der Waals surface area contributed by atoms with Gasteiger partial charge in [-0.15, -0.1) is 12.4 Å². The van der Waals surface area contributed by atoms with Crippen molar-refractivity contribution in [3.05, 3.63) is 64.4 Å². The number of carbonyl (C=O) groups is 1. The van der Waals surface area contributed by atoms with Crippen LogP contribution in [0, 0.1) is 6.92 Å². The molecule has 2 N–H and O–H groups in total. The molecular formula is C24H28Cl2N4O3. The quantitative estimate of drug-likeness (QED) is 0.508. The van der Waals surface area contributed by atoms with Crippen LogP contribution in [0.4, 0.5) is 5.69 Å². The number of hydrogen-bond donors (Lipinski definition) is 2. The van der Waals surface area contributed by atoms with E-state index in [2.05, 4.69) is 21.8 Å². The summed E-state index contributed by atoms with van der Waals surface area (Å²) in [5.74, 6) is 0.914. The molecule has 0 saturated carbocycles. The summed E-state index contributed by atoms with van der Waals surface area (Å²) in [5, 5.41) is 11.3. The van der Waals surface area contributed by atoms with Crippen molar-refractivity contribution in [3.8, 4) is 17.2 Å². The highest BCUT2D eigenvalue weighted by atomic mass is 35.5. The first kappa shape index (κ1) is 24.9. The van der Waals surface area contributed by atoms with Crippen molar-refractivity contribution >= 4 is 35.6 Å². The van der Waals surface area contributed by atoms with Crippen LogP contribution in [-0.4, -0.2) is 43.0 Å². The number of methoxy groups -OCH3 is 2. The van der Waals surface area contributed by atoms with E-state index in [1.165, 1.54) is 14.2 Å². The molecule has 33 heavy (non-hydrogen) atoms. The lowest BCUT2D eigenvalue weighted by molar-refractivity contribution is 0.102. The van der Waals surface area contributed by atoms with Gasteiger partial charge in [0.1, 0.15) is 11.5 Å². The van der Waals surface area contributed by atoms with Crippen molar-refractivity contribution < 1.29 is 14.3 Å². The molecule has 0 atom stereocenters. The fraction of sp³-hybridized carbons (Fsp3) is 0.333. The van der Waals surface area contributed by atoms with Gasteiger partial charge in [-0.2, -0.15) is 5.10 Å². The summed E-state index contributed by atoms with van der Waals surface area (Å²) >= 11 is 6.28. The molecule has 0 unspecified atom stereocenters. The zero-order chi connectivity index (χ0) is 22.7. The molecule has 3 aromatic rings. The fourth-order valence-corrected chi connectivity index (χ4v) is 4.37. The van der Waals surface area contributed by atoms with Gasteiger partial charge in [0, 0.05) is 12.0 Å². The van der Waals surface area contributed by atoms with E-state index in [0.717, 1.165) is 42.9 Å². The maximum absolute atomic E-state index is 13.4. The van der Waals surface area contributed by atoms with Gasteiger partial charge in [0.25, 0.3) is 5.91 Å². The van der Waals surface area contributed by atoms with E-state index in [-0.39, 0.29) is 24.2 Å². The number of aromatic nitrogens is 2. The molecule has 1 fully saturated rings. The van der Waals surface area contributed by atoms with Crippen molar-refractivity contribution in [3.63, 3.8) is 0 Å². The third kappa shape index (κ3) is 5.27. The third-order valence-corrected chi connectivity index (χ3v) is 6.04. The number of ether oxygens (including phenoxy) is 2. The van der Waals surface area contributed by atoms with Gasteiger partial charge in [-0.05, 0) is 56.6 Å². The molecule has 1 aromatic heterocycles. The van der Waals surface area contributed by atoms with Crippen molar-refractivity contribution in [2.75, 3.05) is 32.6 Å². The maximum Gasteiger partial charge on any atom is 0.259 e. The average Bonchev–Trinajstić information content (AvgIpc) is 3.25. The summed E-state index contributed by atoms with van der Waals surface area (Å²) < 4.78 is 12.6. The molecule has 2 heterocycles. The van der Waals surface area contributed by atoms with Crippen LogP contribution in [0.15, 0.2) is 42.6 Å². The zero-order valence-electron chi connectivity index (χ0n) is 18.9. The van der Waals surface area contributed by atoms with Crippen LogP contribution in [0.25, 0.3) is 5.69 Å². The summed E-state index contributed by atoms with van der Waals surface area (Å²) in [6.07, 6.45) is 3.53. The molecule has 0 spiro atoms. The SMILES string of the molecule is COc1cc(OC)c(NC(=O)c2cnn(-c3cccc(C)c3)c2C2CCNCC2)cc1Cl.Cl. The molecule has 1 amide bonds. The van der Waals surface area contributed by atoms with Crippen LogP contribution >= 0.6 is 24.0 Å². The number of piperidine rings is 1. The molecule has 9 heteroatoms. The second kappa shape index (κ2) is 10.9. The predicted molar refractivity (Wildman–Crippen MR) is 133 cm³/mol. The molecule has 7 nitrogen and oxygen atoms in total. The lowest BCUT2D eigenvalue weighted by atomic mass is 9.91. The van der Waals surface area contributed by atoms with Crippen LogP contribution in [0.2, 0.25) is 5.02 Å². The van der Waals surface area contributed by atoms with Gasteiger partial charge in [0.2, 0.25) is 0 Å². The summed E-state index contributed by atoms with van der Waals surface area (Å²) in [6.45, 7) is 3.86. The summed E-state index contributed by atoms with van der Waals surface area (Å²) in [4.78, 5) is 13.4. The predicted octanol–water partition coefficient (Wildman–Crippen LogP) is 4.99. The molecule has 0 radical (unpaired) electrons. The van der Waals surface area contributed by atoms with Crippen LogP contribution < -0.4 is 20.1 Å². The molecule has 1 aliphatic heterocycles. The van der Waals surface area contributed by atoms with E-state index in [1.54, 1.807) is 18.3 Å². The minimum atomic E-state index is -0.253. The Balaban J connectivity index is 0.00000306. The molecular weight excluding hydrogens is 463 g/mol. The number of anilines is 1. The topological polar surface area (TPSA) is 77.4 Å². The average molecular weight is 491 g/mol. The Hall–Kier alpha value is -2.74. The number of hydrogen-bond acceptors (Lipinski definition) is 5. The van der Waals surface area contributed by atoms with Gasteiger partial charge in [-0.25, -0.2) is 4.68 Å². The molecule has 1 saturated heterocycles. The molecule has 4 rings (SSSR count). The number of rotatable bonds is 6. The maximum atomic E-state index is 13.4. The number of amides is 1. The molecule has 176 valence electrons. The lowest BCUT2D eigenvalue weighted by Gasteiger charge is -2.25. The van der Waals surface area contributed by atoms with E-state index in [0.29, 0.717) is 27.8 Å². The van der Waals surface area contributed by atoms with Crippen LogP contribution in [0.5, 0.6) is 11.5 Å². The van der Waals surface area contributed by atoms with Crippen molar-refractivity contribution in [2.24, 2.45) is 0 Å². The second-order valence-corrected chi connectivity index (χ2v) is 8.27. The summed E-state index contributed by atoms with van der Waals surface area (Å²) in [6, 6.07) is 11.4. The highest BCUT2D eigenvalue weighted by molar-refractivity contribution is 6.32. The molecule has 0 bridgehead atoms. The second-order valence-electron chi connectivity index (χ2n) is 7.86. The number of benzene rings is 2. The number of carbonyl (C=O) groups excluding carboxylic acids is 1. The largest absolute Gasteiger partial charge is 0.495 e. The summed E-state index contributed by atoms with van der Waals surface area (Å²) in [5.41, 5.74) is 4.03. The van der Waals surface area contributed by atoms with E-state index in [9.17, 15) is 4.79 Å². The normalized spacial score (nSPS) is 13.8. The number of nitrogens with one attached hydrogen (secondary N) is 2. The molecule has 2 aromatic carbocycles. The minimum Gasteiger partial charge on any atom is -0.495 e. The van der Waals surface area contributed by atoms with Gasteiger partial charge in [0.05, 0.1) is 48.1 Å². The first-order valence-corrected chi connectivity index (χ1v) is 11.0. The summed E-state index contributed by atoms with van der Waals surface area (Å²) in [7, 11) is 3.07. The highest BCUT2D eigenvalue weighted by Crippen LogP contribution is 2.37. The van der Waals surface area contributed by atoms with Gasteiger partial charge >= 0.3 is 0 Å². The van der Waals surface area contributed by atoms with E-state index in [1.807, 2.05) is 29.8 Å². The Morgan fingerprint density at radius 3 is 2.55 bits per heavy atom. The van der Waals surface area contributed by atoms with Gasteiger partial charge in [-0.1, -0.05) is 23.7 Å². The molecule has 1 aliphatic rings. The standard InChI is InChI=1S/C24H27ClN4O3.ClH/c1-15-5-4-6-17(11-15)29-23(16-7-9-26-10-8-16)18(14-27-29)24(30)28-20-12-19(25)21(31-2)13-22(20)32-3;/h4-6,11-14,16,26H,7-10H2,1-3H3,(H,28,30);1H.